The molecule has 8 heteroatoms. The van der Waals surface area contributed by atoms with E-state index in [0.29, 0.717) is 34.5 Å². The maximum atomic E-state index is 12.6. The van der Waals surface area contributed by atoms with E-state index in [4.69, 9.17) is 21.1 Å². The fourth-order valence-electron chi connectivity index (χ4n) is 5.41. The van der Waals surface area contributed by atoms with Crippen molar-refractivity contribution in [3.63, 3.8) is 0 Å². The number of pyridine rings is 1. The van der Waals surface area contributed by atoms with Crippen molar-refractivity contribution in [3.05, 3.63) is 29.2 Å². The Hall–Kier alpha value is -2.48. The zero-order chi connectivity index (χ0) is 23.8. The van der Waals surface area contributed by atoms with Crippen LogP contribution >= 0.6 is 0 Å². The molecule has 4 N–H and O–H groups in total. The first-order valence-corrected chi connectivity index (χ1v) is 12.2. The summed E-state index contributed by atoms with van der Waals surface area (Å²) >= 11 is 0. The molecule has 4 rings (SSSR count). The third-order valence-electron chi connectivity index (χ3n) is 7.82. The van der Waals surface area contributed by atoms with E-state index >= 15 is 0 Å². The van der Waals surface area contributed by atoms with Gasteiger partial charge in [-0.05, 0) is 68.9 Å². The van der Waals surface area contributed by atoms with Crippen molar-refractivity contribution < 1.29 is 14.3 Å². The van der Waals surface area contributed by atoms with Crippen LogP contribution in [-0.2, 0) is 4.74 Å². The highest BCUT2D eigenvalue weighted by atomic mass is 16.6. The second kappa shape index (κ2) is 9.41. The molecule has 0 aliphatic heterocycles. The van der Waals surface area contributed by atoms with Gasteiger partial charge in [-0.15, -0.1) is 0 Å². The minimum atomic E-state index is -0.342. The molecule has 1 heterocycles. The molecule has 33 heavy (non-hydrogen) atoms. The highest BCUT2D eigenvalue weighted by Crippen LogP contribution is 2.62. The Balaban J connectivity index is 1.40. The van der Waals surface area contributed by atoms with Gasteiger partial charge in [0.05, 0.1) is 28.9 Å². The molecule has 1 unspecified atom stereocenters. The predicted molar refractivity (Wildman–Crippen MR) is 128 cm³/mol. The van der Waals surface area contributed by atoms with Gasteiger partial charge < -0.3 is 25.1 Å². The van der Waals surface area contributed by atoms with Crippen molar-refractivity contribution in [2.24, 2.45) is 22.9 Å². The number of aryl methyl sites for hydroxylation is 1. The highest BCUT2D eigenvalue weighted by Gasteiger charge is 2.60. The van der Waals surface area contributed by atoms with Crippen molar-refractivity contribution in [2.75, 3.05) is 20.7 Å². The number of aromatic nitrogens is 1. The molecule has 182 valence electrons. The summed E-state index contributed by atoms with van der Waals surface area (Å²) in [5.41, 5.74) is 9.04. The van der Waals surface area contributed by atoms with Crippen LogP contribution in [0, 0.1) is 18.3 Å². The minimum absolute atomic E-state index is 0.0132. The van der Waals surface area contributed by atoms with Gasteiger partial charge in [0.25, 0.3) is 0 Å². The van der Waals surface area contributed by atoms with Crippen LogP contribution in [0.1, 0.15) is 69.7 Å². The zero-order valence-corrected chi connectivity index (χ0v) is 20.5. The van der Waals surface area contributed by atoms with E-state index in [1.54, 1.807) is 11.9 Å². The second-order valence-electron chi connectivity index (χ2n) is 10.4. The molecule has 1 amide bonds. The third kappa shape index (κ3) is 5.05. The van der Waals surface area contributed by atoms with Gasteiger partial charge in [0, 0.05) is 20.1 Å². The molecule has 3 aliphatic rings. The van der Waals surface area contributed by atoms with Crippen LogP contribution in [0.15, 0.2) is 17.8 Å². The summed E-state index contributed by atoms with van der Waals surface area (Å²) < 4.78 is 11.8. The Morgan fingerprint density at radius 3 is 2.58 bits per heavy atom. The summed E-state index contributed by atoms with van der Waals surface area (Å²) in [6, 6.07) is 4.05. The minimum Gasteiger partial charge on any atom is -0.489 e. The molecular formula is C25H39N5O3. The van der Waals surface area contributed by atoms with Crippen molar-refractivity contribution in [1.82, 2.24) is 14.9 Å². The Morgan fingerprint density at radius 2 is 2.00 bits per heavy atom. The molecule has 3 aliphatic carbocycles. The van der Waals surface area contributed by atoms with Crippen LogP contribution in [0.25, 0.3) is 5.70 Å². The number of rotatable bonds is 7. The highest BCUT2D eigenvalue weighted by molar-refractivity contribution is 5.70. The summed E-state index contributed by atoms with van der Waals surface area (Å²) in [4.78, 5) is 19.0. The Labute approximate surface area is 197 Å². The smallest absolute Gasteiger partial charge is 0.410 e. The topological polar surface area (TPSA) is 107 Å². The Kier molecular flexibility index (Phi) is 6.75. The molecule has 8 nitrogen and oxygen atoms in total. The normalized spacial score (nSPS) is 26.2. The number of nitrogens with zero attached hydrogens (tertiary/aromatic N) is 3. The molecule has 0 aromatic carbocycles. The van der Waals surface area contributed by atoms with Crippen LogP contribution in [0.4, 0.5) is 4.79 Å². The summed E-state index contributed by atoms with van der Waals surface area (Å²) in [5, 5.41) is 1.39. The van der Waals surface area contributed by atoms with E-state index in [2.05, 4.69) is 11.9 Å². The average Bonchev–Trinajstić information content (AvgIpc) is 3.51. The number of nitrogens with two attached hydrogens (primary N) is 2. The summed E-state index contributed by atoms with van der Waals surface area (Å²) in [7, 11) is 3.49. The number of hydrogen-bond acceptors (Lipinski definition) is 7. The summed E-state index contributed by atoms with van der Waals surface area (Å²) in [6.45, 7) is 4.19. The number of likely N-dealkylation sites (N-methyl/N-ethyl adjacent to an activating group) is 1. The number of hydrazine groups is 1. The van der Waals surface area contributed by atoms with Gasteiger partial charge in [-0.3, -0.25) is 0 Å². The fourth-order valence-corrected chi connectivity index (χ4v) is 5.41. The largest absolute Gasteiger partial charge is 0.489 e. The lowest BCUT2D eigenvalue weighted by Gasteiger charge is -2.30. The van der Waals surface area contributed by atoms with Gasteiger partial charge in [0.2, 0.25) is 0 Å². The number of carbonyl (C=O) groups excluding carboxylic acids is 1. The first kappa shape index (κ1) is 23.7. The molecule has 3 atom stereocenters. The number of carbonyl (C=O) groups is 1. The third-order valence-corrected chi connectivity index (χ3v) is 7.82. The van der Waals surface area contributed by atoms with Crippen molar-refractivity contribution in [3.8, 4) is 5.75 Å². The molecular weight excluding hydrogens is 418 g/mol. The van der Waals surface area contributed by atoms with Crippen molar-refractivity contribution in [2.45, 2.75) is 77.4 Å². The van der Waals surface area contributed by atoms with E-state index in [9.17, 15) is 4.79 Å². The van der Waals surface area contributed by atoms with Crippen LogP contribution < -0.4 is 16.3 Å². The van der Waals surface area contributed by atoms with Gasteiger partial charge in [0.15, 0.2) is 0 Å². The molecule has 0 radical (unpaired) electrons. The predicted octanol–water partition coefficient (Wildman–Crippen LogP) is 3.79. The number of ether oxygens (including phenoxy) is 2. The molecule has 1 aromatic heterocycles. The zero-order valence-electron chi connectivity index (χ0n) is 20.5. The maximum absolute atomic E-state index is 12.6. The summed E-state index contributed by atoms with van der Waals surface area (Å²) in [5.74, 6) is 7.51. The lowest BCUT2D eigenvalue weighted by atomic mass is 9.81. The van der Waals surface area contributed by atoms with Gasteiger partial charge in [0.1, 0.15) is 12.4 Å². The summed E-state index contributed by atoms with van der Waals surface area (Å²) in [6.07, 6.45) is 9.29. The van der Waals surface area contributed by atoms with Gasteiger partial charge in [-0.2, -0.15) is 0 Å². The van der Waals surface area contributed by atoms with Crippen LogP contribution in [-0.4, -0.2) is 53.8 Å². The lowest BCUT2D eigenvalue weighted by Crippen LogP contribution is -2.37. The average molecular weight is 458 g/mol. The van der Waals surface area contributed by atoms with Gasteiger partial charge >= 0.3 is 6.09 Å². The second-order valence-corrected chi connectivity index (χ2v) is 10.4. The number of hydrogen-bond donors (Lipinski definition) is 2. The number of amides is 1. The standard InChI is InChI=1S/C25H39N5O3/c1-16-7-5-8-18(13-16)33-21-10-9-19(28-17(21)2)23(26)20(30(4)27)15-32-24(31)29(3)22-14-25(22)11-6-12-25/h9-10,16,18,22H,5-8,11-15,26-27H2,1-4H3/b23-20-/t16-,18+,22?/m1/s1. The van der Waals surface area contributed by atoms with Crippen molar-refractivity contribution >= 4 is 11.8 Å². The van der Waals surface area contributed by atoms with Crippen LogP contribution in [0.5, 0.6) is 5.75 Å². The fraction of sp³-hybridized carbons (Fsp3) is 0.680. The van der Waals surface area contributed by atoms with Gasteiger partial charge in [-0.25, -0.2) is 15.6 Å². The first-order valence-electron chi connectivity index (χ1n) is 12.2. The molecule has 3 fully saturated rings. The first-order chi connectivity index (χ1) is 15.7. The van der Waals surface area contributed by atoms with E-state index in [1.807, 2.05) is 26.1 Å². The van der Waals surface area contributed by atoms with E-state index in [-0.39, 0.29) is 18.8 Å². The molecule has 3 saturated carbocycles. The molecule has 0 bridgehead atoms. The Bertz CT molecular complexity index is 911. The maximum Gasteiger partial charge on any atom is 0.410 e. The van der Waals surface area contributed by atoms with Crippen LogP contribution in [0.2, 0.25) is 0 Å². The monoisotopic (exact) mass is 457 g/mol. The SMILES string of the molecule is Cc1nc(/C(N)=C(\COC(=O)N(C)C2CC23CCC3)N(C)N)ccc1O[C@H]1CCC[C@@H](C)C1. The quantitative estimate of drug-likeness (QED) is 0.474. The van der Waals surface area contributed by atoms with E-state index in [1.165, 1.54) is 37.1 Å². The van der Waals surface area contributed by atoms with Crippen molar-refractivity contribution in [1.29, 1.82) is 0 Å². The van der Waals surface area contributed by atoms with Gasteiger partial charge in [-0.1, -0.05) is 19.8 Å². The van der Waals surface area contributed by atoms with E-state index in [0.717, 1.165) is 30.7 Å². The molecule has 1 aromatic rings. The Morgan fingerprint density at radius 1 is 1.24 bits per heavy atom. The molecule has 0 saturated heterocycles. The van der Waals surface area contributed by atoms with E-state index < -0.39 is 0 Å². The van der Waals surface area contributed by atoms with Crippen LogP contribution in [0.3, 0.4) is 0 Å². The lowest BCUT2D eigenvalue weighted by molar-refractivity contribution is 0.0999. The molecule has 1 spiro atoms.